The highest BCUT2D eigenvalue weighted by atomic mass is 16.6. The summed E-state index contributed by atoms with van der Waals surface area (Å²) < 4.78 is 9.60. The molecule has 0 unspecified atom stereocenters. The molecule has 0 aromatic carbocycles. The zero-order valence-corrected chi connectivity index (χ0v) is 9.88. The van der Waals surface area contributed by atoms with Gasteiger partial charge in [0.05, 0.1) is 13.2 Å². The third kappa shape index (κ3) is 7.84. The minimum atomic E-state index is -0.486. The van der Waals surface area contributed by atoms with Gasteiger partial charge in [-0.1, -0.05) is 19.9 Å². The molecule has 16 heavy (non-hydrogen) atoms. The largest absolute Gasteiger partial charge is 0.460 e. The molecule has 0 aliphatic rings. The molecular formula is C11H21NO4. The number of unbranched alkanes of at least 4 members (excludes halogenated alkanes) is 1. The van der Waals surface area contributed by atoms with E-state index in [9.17, 15) is 9.59 Å². The van der Waals surface area contributed by atoms with Gasteiger partial charge in [0, 0.05) is 7.00 Å². The van der Waals surface area contributed by atoms with Gasteiger partial charge in [-0.3, -0.25) is 0 Å². The second kappa shape index (κ2) is 8.76. The van der Waals surface area contributed by atoms with Gasteiger partial charge >= 0.3 is 12.1 Å². The van der Waals surface area contributed by atoms with E-state index >= 15 is 0 Å². The van der Waals surface area contributed by atoms with Crippen LogP contribution in [0.15, 0.2) is 12.2 Å². The van der Waals surface area contributed by atoms with Gasteiger partial charge in [-0.15, -0.1) is 0 Å². The lowest BCUT2D eigenvalue weighted by Gasteiger charge is -2.07. The highest BCUT2D eigenvalue weighted by molar-refractivity contribution is 5.86. The molecule has 0 aliphatic carbocycles. The molecule has 0 heterocycles. The molecule has 0 aliphatic heterocycles. The molecular weight excluding hydrogens is 210 g/mol. The maximum atomic E-state index is 11.0. The fourth-order valence-corrected chi connectivity index (χ4v) is 0.780. The minimum Gasteiger partial charge on any atom is -0.460 e. The molecule has 0 aromatic heterocycles. The van der Waals surface area contributed by atoms with E-state index in [2.05, 4.69) is 11.9 Å². The van der Waals surface area contributed by atoms with E-state index in [4.69, 9.17) is 9.47 Å². The topological polar surface area (TPSA) is 64.6 Å². The fraction of sp³-hybridized carbons (Fsp3) is 0.636. The molecule has 1 N–H and O–H groups in total. The molecule has 0 atom stereocenters. The molecule has 0 spiro atoms. The van der Waals surface area contributed by atoms with Gasteiger partial charge in [-0.25, -0.2) is 9.59 Å². The quantitative estimate of drug-likeness (QED) is 0.413. The van der Waals surface area contributed by atoms with Crippen molar-refractivity contribution in [3.05, 3.63) is 12.2 Å². The average Bonchev–Trinajstić information content (AvgIpc) is 2.24. The maximum Gasteiger partial charge on any atom is 0.407 e. The summed E-state index contributed by atoms with van der Waals surface area (Å²) in [5, 5.41) is 2.47. The Hall–Kier alpha value is -1.52. The van der Waals surface area contributed by atoms with Gasteiger partial charge < -0.3 is 14.8 Å². The molecule has 5 nitrogen and oxygen atoms in total. The summed E-state index contributed by atoms with van der Waals surface area (Å²) in [6.07, 6.45) is 1.33. The zero-order valence-electron chi connectivity index (χ0n) is 9.88. The van der Waals surface area contributed by atoms with E-state index in [0.717, 1.165) is 12.8 Å². The van der Waals surface area contributed by atoms with Crippen molar-refractivity contribution >= 4 is 12.1 Å². The van der Waals surface area contributed by atoms with Gasteiger partial charge in [0.2, 0.25) is 0 Å². The highest BCUT2D eigenvalue weighted by Gasteiger charge is 2.04. The Kier molecular flexibility index (Phi) is 7.93. The molecule has 0 radical (unpaired) electrons. The van der Waals surface area contributed by atoms with Gasteiger partial charge in [0.1, 0.15) is 6.61 Å². The summed E-state index contributed by atoms with van der Waals surface area (Å²) >= 11 is 0. The Morgan fingerprint density at radius 3 is 2.56 bits per heavy atom. The van der Waals surface area contributed by atoms with Crippen LogP contribution < -0.4 is 5.32 Å². The number of nitrogens with one attached hydrogen (secondary N) is 1. The standard InChI is InChI=1S/C11H19NO4.H2/c1-4-5-7-16-11(14)12-6-8-15-10(13)9(2)3;/h2,4-8H2,1,3H3,(H,12,14);1H. The van der Waals surface area contributed by atoms with E-state index in [1.807, 2.05) is 6.92 Å². The van der Waals surface area contributed by atoms with Gasteiger partial charge in [-0.05, 0) is 13.3 Å². The number of amides is 1. The lowest BCUT2D eigenvalue weighted by Crippen LogP contribution is -2.29. The smallest absolute Gasteiger partial charge is 0.407 e. The second-order valence-electron chi connectivity index (χ2n) is 3.33. The van der Waals surface area contributed by atoms with Crippen LogP contribution in [0, 0.1) is 0 Å². The van der Waals surface area contributed by atoms with E-state index in [0.29, 0.717) is 12.2 Å². The van der Waals surface area contributed by atoms with Crippen LogP contribution in [0.25, 0.3) is 0 Å². The van der Waals surface area contributed by atoms with Crippen molar-refractivity contribution in [1.29, 1.82) is 0 Å². The summed E-state index contributed by atoms with van der Waals surface area (Å²) in [6, 6.07) is 0. The molecule has 0 fully saturated rings. The van der Waals surface area contributed by atoms with Crippen LogP contribution in [0.5, 0.6) is 0 Å². The fourth-order valence-electron chi connectivity index (χ4n) is 0.780. The summed E-state index contributed by atoms with van der Waals surface area (Å²) in [7, 11) is 0. The molecule has 0 aromatic rings. The highest BCUT2D eigenvalue weighted by Crippen LogP contribution is 1.91. The van der Waals surface area contributed by atoms with Crippen LogP contribution in [0.4, 0.5) is 4.79 Å². The van der Waals surface area contributed by atoms with E-state index in [-0.39, 0.29) is 14.6 Å². The van der Waals surface area contributed by atoms with Crippen molar-refractivity contribution in [2.75, 3.05) is 19.8 Å². The predicted octanol–water partition coefficient (Wildman–Crippen LogP) is 1.88. The molecule has 5 heteroatoms. The summed E-state index contributed by atoms with van der Waals surface area (Å²) in [5.74, 6) is -0.457. The third-order valence-electron chi connectivity index (χ3n) is 1.68. The molecule has 94 valence electrons. The lowest BCUT2D eigenvalue weighted by molar-refractivity contribution is -0.138. The molecule has 0 rings (SSSR count). The van der Waals surface area contributed by atoms with Crippen LogP contribution in [0.3, 0.4) is 0 Å². The first-order valence-corrected chi connectivity index (χ1v) is 5.31. The van der Waals surface area contributed by atoms with Crippen molar-refractivity contribution in [1.82, 2.24) is 5.32 Å². The summed E-state index contributed by atoms with van der Waals surface area (Å²) in [6.45, 7) is 7.78. The summed E-state index contributed by atoms with van der Waals surface area (Å²) in [4.78, 5) is 21.9. The Labute approximate surface area is 97.3 Å². The van der Waals surface area contributed by atoms with E-state index in [1.54, 1.807) is 6.92 Å². The Bertz CT molecular complexity index is 256. The predicted molar refractivity (Wildman–Crippen MR) is 62.1 cm³/mol. The number of alkyl carbamates (subject to hydrolysis) is 1. The maximum absolute atomic E-state index is 11.0. The number of carbonyl (C=O) groups is 2. The SMILES string of the molecule is C=C(C)C(=O)OCCNC(=O)OCCCC.[HH]. The zero-order chi connectivity index (χ0) is 12.4. The van der Waals surface area contributed by atoms with Crippen molar-refractivity contribution in [2.45, 2.75) is 26.7 Å². The van der Waals surface area contributed by atoms with Crippen LogP contribution in [0.2, 0.25) is 0 Å². The van der Waals surface area contributed by atoms with Gasteiger partial charge in [0.15, 0.2) is 0 Å². The molecule has 0 saturated carbocycles. The lowest BCUT2D eigenvalue weighted by atomic mass is 10.4. The minimum absolute atomic E-state index is 0. The van der Waals surface area contributed by atoms with Gasteiger partial charge in [-0.2, -0.15) is 0 Å². The number of hydrogen-bond donors (Lipinski definition) is 1. The number of hydrogen-bond acceptors (Lipinski definition) is 4. The first-order valence-electron chi connectivity index (χ1n) is 5.31. The monoisotopic (exact) mass is 231 g/mol. The average molecular weight is 231 g/mol. The Morgan fingerprint density at radius 2 is 2.00 bits per heavy atom. The van der Waals surface area contributed by atoms with Gasteiger partial charge in [0.25, 0.3) is 0 Å². The first kappa shape index (κ1) is 14.5. The van der Waals surface area contributed by atoms with Crippen LogP contribution in [-0.2, 0) is 14.3 Å². The number of ether oxygens (including phenoxy) is 2. The molecule has 1 amide bonds. The molecule has 0 saturated heterocycles. The van der Waals surface area contributed by atoms with Crippen molar-refractivity contribution in [2.24, 2.45) is 0 Å². The number of esters is 1. The first-order chi connectivity index (χ1) is 7.57. The van der Waals surface area contributed by atoms with E-state index in [1.165, 1.54) is 0 Å². The number of carbonyl (C=O) groups excluding carboxylic acids is 2. The van der Waals surface area contributed by atoms with Crippen molar-refractivity contribution in [3.63, 3.8) is 0 Å². The number of rotatable bonds is 7. The van der Waals surface area contributed by atoms with E-state index < -0.39 is 12.1 Å². The summed E-state index contributed by atoms with van der Waals surface area (Å²) in [5.41, 5.74) is 0.338. The Balaban J connectivity index is 0. The van der Waals surface area contributed by atoms with Crippen molar-refractivity contribution in [3.8, 4) is 0 Å². The normalized spacial score (nSPS) is 9.38. The second-order valence-corrected chi connectivity index (χ2v) is 3.33. The van der Waals surface area contributed by atoms with Crippen LogP contribution >= 0.6 is 0 Å². The Morgan fingerprint density at radius 1 is 1.31 bits per heavy atom. The molecule has 0 bridgehead atoms. The third-order valence-corrected chi connectivity index (χ3v) is 1.68. The van der Waals surface area contributed by atoms with Crippen molar-refractivity contribution < 1.29 is 20.5 Å². The van der Waals surface area contributed by atoms with Crippen LogP contribution in [0.1, 0.15) is 28.1 Å². The van der Waals surface area contributed by atoms with Crippen LogP contribution in [-0.4, -0.2) is 31.8 Å².